The normalized spacial score (nSPS) is 12.0. The fourth-order valence-corrected chi connectivity index (χ4v) is 2.39. The van der Waals surface area contributed by atoms with Crippen LogP contribution in [-0.2, 0) is 16.0 Å². The number of aryl methyl sites for hydroxylation is 2. The van der Waals surface area contributed by atoms with Crippen molar-refractivity contribution >= 4 is 5.97 Å². The van der Waals surface area contributed by atoms with Gasteiger partial charge in [0.05, 0.1) is 6.61 Å². The van der Waals surface area contributed by atoms with E-state index < -0.39 is 6.04 Å². The van der Waals surface area contributed by atoms with Crippen molar-refractivity contribution in [3.05, 3.63) is 59.2 Å². The first kappa shape index (κ1) is 16.2. The van der Waals surface area contributed by atoms with E-state index in [-0.39, 0.29) is 5.97 Å². The summed E-state index contributed by atoms with van der Waals surface area (Å²) in [5, 5.41) is 0. The number of nitrogens with two attached hydrogens (primary N) is 1. The van der Waals surface area contributed by atoms with Gasteiger partial charge in [-0.15, -0.1) is 0 Å². The molecule has 0 fully saturated rings. The highest BCUT2D eigenvalue weighted by molar-refractivity contribution is 5.76. The van der Waals surface area contributed by atoms with Crippen molar-refractivity contribution in [1.82, 2.24) is 0 Å². The van der Waals surface area contributed by atoms with Crippen LogP contribution in [0.25, 0.3) is 11.1 Å². The van der Waals surface area contributed by atoms with Gasteiger partial charge in [0.1, 0.15) is 6.04 Å². The fourth-order valence-electron chi connectivity index (χ4n) is 2.39. The molecule has 2 aromatic carbocycles. The van der Waals surface area contributed by atoms with Gasteiger partial charge in [-0.3, -0.25) is 4.79 Å². The average molecular weight is 297 g/mol. The second-order valence-corrected chi connectivity index (χ2v) is 5.56. The second-order valence-electron chi connectivity index (χ2n) is 5.56. The summed E-state index contributed by atoms with van der Waals surface area (Å²) in [5.41, 5.74) is 11.8. The number of benzene rings is 2. The van der Waals surface area contributed by atoms with Crippen LogP contribution in [0.15, 0.2) is 42.5 Å². The molecule has 2 N–H and O–H groups in total. The van der Waals surface area contributed by atoms with Crippen LogP contribution in [0.2, 0.25) is 0 Å². The van der Waals surface area contributed by atoms with Gasteiger partial charge in [-0.2, -0.15) is 0 Å². The molecule has 0 aliphatic rings. The Morgan fingerprint density at radius 2 is 1.82 bits per heavy atom. The SMILES string of the molecule is CCOC(=O)C(N)Cc1cccc(-c2ccc(C)c(C)c2)c1. The first-order valence-electron chi connectivity index (χ1n) is 7.60. The molecule has 1 atom stereocenters. The molecule has 0 spiro atoms. The van der Waals surface area contributed by atoms with E-state index in [9.17, 15) is 4.79 Å². The summed E-state index contributed by atoms with van der Waals surface area (Å²) in [6.45, 7) is 6.35. The Kier molecular flexibility index (Phi) is 5.34. The van der Waals surface area contributed by atoms with Gasteiger partial charge >= 0.3 is 5.97 Å². The molecule has 3 nitrogen and oxygen atoms in total. The van der Waals surface area contributed by atoms with Crippen molar-refractivity contribution in [2.24, 2.45) is 5.73 Å². The highest BCUT2D eigenvalue weighted by atomic mass is 16.5. The number of hydrogen-bond acceptors (Lipinski definition) is 3. The molecule has 116 valence electrons. The maximum Gasteiger partial charge on any atom is 0.323 e. The number of rotatable bonds is 5. The largest absolute Gasteiger partial charge is 0.465 e. The molecule has 0 aliphatic heterocycles. The molecular formula is C19H23NO2. The van der Waals surface area contributed by atoms with Gasteiger partial charge < -0.3 is 10.5 Å². The van der Waals surface area contributed by atoms with Gasteiger partial charge in [0.15, 0.2) is 0 Å². The number of carbonyl (C=O) groups is 1. The van der Waals surface area contributed by atoms with Crippen molar-refractivity contribution in [1.29, 1.82) is 0 Å². The molecule has 3 heteroatoms. The monoisotopic (exact) mass is 297 g/mol. The Hall–Kier alpha value is -2.13. The summed E-state index contributed by atoms with van der Waals surface area (Å²) < 4.78 is 4.96. The Morgan fingerprint density at radius 1 is 1.09 bits per heavy atom. The zero-order valence-corrected chi connectivity index (χ0v) is 13.4. The first-order chi connectivity index (χ1) is 10.5. The van der Waals surface area contributed by atoms with Crippen LogP contribution >= 0.6 is 0 Å². The van der Waals surface area contributed by atoms with Crippen LogP contribution in [0.5, 0.6) is 0 Å². The van der Waals surface area contributed by atoms with Crippen molar-refractivity contribution in [2.75, 3.05) is 6.61 Å². The molecule has 0 aromatic heterocycles. The van der Waals surface area contributed by atoms with Crippen molar-refractivity contribution < 1.29 is 9.53 Å². The van der Waals surface area contributed by atoms with E-state index in [4.69, 9.17) is 10.5 Å². The highest BCUT2D eigenvalue weighted by Crippen LogP contribution is 2.23. The van der Waals surface area contributed by atoms with Crippen molar-refractivity contribution in [3.63, 3.8) is 0 Å². The Bertz CT molecular complexity index is 664. The summed E-state index contributed by atoms with van der Waals surface area (Å²) in [6, 6.07) is 14.0. The van der Waals surface area contributed by atoms with Gasteiger partial charge in [0.2, 0.25) is 0 Å². The molecule has 2 rings (SSSR count). The summed E-state index contributed by atoms with van der Waals surface area (Å²) in [4.78, 5) is 11.6. The maximum atomic E-state index is 11.6. The fraction of sp³-hybridized carbons (Fsp3) is 0.316. The predicted molar refractivity (Wildman–Crippen MR) is 89.7 cm³/mol. The quantitative estimate of drug-likeness (QED) is 0.861. The second kappa shape index (κ2) is 7.23. The maximum absolute atomic E-state index is 11.6. The summed E-state index contributed by atoms with van der Waals surface area (Å²) in [7, 11) is 0. The molecule has 22 heavy (non-hydrogen) atoms. The van der Waals surface area contributed by atoms with E-state index in [1.807, 2.05) is 12.1 Å². The Morgan fingerprint density at radius 3 is 2.50 bits per heavy atom. The van der Waals surface area contributed by atoms with Crippen molar-refractivity contribution in [2.45, 2.75) is 33.2 Å². The van der Waals surface area contributed by atoms with E-state index in [1.165, 1.54) is 16.7 Å². The number of esters is 1. The highest BCUT2D eigenvalue weighted by Gasteiger charge is 2.15. The zero-order chi connectivity index (χ0) is 16.1. The van der Waals surface area contributed by atoms with Crippen LogP contribution in [-0.4, -0.2) is 18.6 Å². The number of hydrogen-bond donors (Lipinski definition) is 1. The van der Waals surface area contributed by atoms with Gasteiger partial charge in [0.25, 0.3) is 0 Å². The van der Waals surface area contributed by atoms with Crippen LogP contribution in [0.4, 0.5) is 0 Å². The predicted octanol–water partition coefficient (Wildman–Crippen LogP) is 3.40. The lowest BCUT2D eigenvalue weighted by Gasteiger charge is -2.12. The molecule has 0 heterocycles. The third kappa shape index (κ3) is 3.95. The van der Waals surface area contributed by atoms with E-state index in [0.717, 1.165) is 11.1 Å². The minimum absolute atomic E-state index is 0.348. The third-order valence-electron chi connectivity index (χ3n) is 3.81. The van der Waals surface area contributed by atoms with E-state index >= 15 is 0 Å². The Balaban J connectivity index is 2.19. The van der Waals surface area contributed by atoms with Gasteiger partial charge in [-0.05, 0) is 55.0 Å². The summed E-state index contributed by atoms with van der Waals surface area (Å²) in [6.07, 6.45) is 0.484. The standard InChI is InChI=1S/C19H23NO2/c1-4-22-19(21)18(20)12-15-6-5-7-16(11-15)17-9-8-13(2)14(3)10-17/h5-11,18H,4,12,20H2,1-3H3. The lowest BCUT2D eigenvalue weighted by atomic mass is 9.97. The summed E-state index contributed by atoms with van der Waals surface area (Å²) >= 11 is 0. The smallest absolute Gasteiger partial charge is 0.323 e. The molecule has 1 unspecified atom stereocenters. The molecular weight excluding hydrogens is 274 g/mol. The van der Waals surface area contributed by atoms with E-state index in [1.54, 1.807) is 6.92 Å². The topological polar surface area (TPSA) is 52.3 Å². The molecule has 0 aliphatic carbocycles. The summed E-state index contributed by atoms with van der Waals surface area (Å²) in [5.74, 6) is -0.348. The zero-order valence-electron chi connectivity index (χ0n) is 13.4. The minimum atomic E-state index is -0.616. The molecule has 0 saturated carbocycles. The molecule has 2 aromatic rings. The third-order valence-corrected chi connectivity index (χ3v) is 3.81. The number of carbonyl (C=O) groups excluding carboxylic acids is 1. The average Bonchev–Trinajstić information content (AvgIpc) is 2.50. The lowest BCUT2D eigenvalue weighted by Crippen LogP contribution is -2.34. The van der Waals surface area contributed by atoms with Gasteiger partial charge in [-0.25, -0.2) is 0 Å². The van der Waals surface area contributed by atoms with E-state index in [2.05, 4.69) is 44.2 Å². The van der Waals surface area contributed by atoms with Crippen LogP contribution in [0.3, 0.4) is 0 Å². The number of ether oxygens (including phenoxy) is 1. The molecule has 0 radical (unpaired) electrons. The molecule has 0 bridgehead atoms. The molecule has 0 saturated heterocycles. The van der Waals surface area contributed by atoms with Crippen molar-refractivity contribution in [3.8, 4) is 11.1 Å². The van der Waals surface area contributed by atoms with Gasteiger partial charge in [0, 0.05) is 0 Å². The Labute approximate surface area is 132 Å². The first-order valence-corrected chi connectivity index (χ1v) is 7.60. The van der Waals surface area contributed by atoms with Gasteiger partial charge in [-0.1, -0.05) is 42.5 Å². The van der Waals surface area contributed by atoms with Crippen LogP contribution in [0.1, 0.15) is 23.6 Å². The van der Waals surface area contributed by atoms with E-state index in [0.29, 0.717) is 13.0 Å². The molecule has 0 amide bonds. The van der Waals surface area contributed by atoms with Crippen LogP contribution in [0, 0.1) is 13.8 Å². The van der Waals surface area contributed by atoms with Crippen LogP contribution < -0.4 is 5.73 Å². The lowest BCUT2D eigenvalue weighted by molar-refractivity contribution is -0.144. The minimum Gasteiger partial charge on any atom is -0.465 e.